The van der Waals surface area contributed by atoms with Crippen LogP contribution in [0.25, 0.3) is 0 Å². The van der Waals surface area contributed by atoms with E-state index in [0.29, 0.717) is 13.2 Å². The maximum Gasteiger partial charge on any atom is 1.00 e. The number of aromatic carboxylic acids is 7. The van der Waals surface area contributed by atoms with Crippen LogP contribution in [-0.2, 0) is 38.1 Å². The molecule has 0 bridgehead atoms. The number of carboxylic acids is 7. The number of nitrogens with zero attached hydrogens (tertiary/aromatic N) is 1. The number of carboxylic acid groups (broad SMARTS) is 7. The first kappa shape index (κ1) is 132. The Kier molecular flexibility index (Phi) is 101. The van der Waals surface area contributed by atoms with E-state index in [1.54, 1.807) is 121 Å². The van der Waals surface area contributed by atoms with Crippen molar-refractivity contribution < 1.29 is 266 Å². The molecule has 0 aromatic heterocycles. The smallest absolute Gasteiger partial charge is 1.00 e. The molecule has 698 valence electrons. The SMILES string of the molecule is BrCCOCCBr.BrCCOCCBr.BrP(Br)Br.C.CCN(CC)CC.O=C(O)c1ccccc1O.O=C(O)c1ccccc1OCCOCCOc1ccccc1C(=O)O.O=C(O)c1ccccc1OCCOCCOc1ccccc1C(=O)O.O=C(O)c1ccccc1OCCOCCOc1ccccc1C(=O)O.O=CO[O-].OCCOCCO.[2H]CF.[H-].[K+].[K+]. The Hall–Kier alpha value is -4.51. The second-order valence-corrected chi connectivity index (χ2v) is 40.1. The summed E-state index contributed by atoms with van der Waals surface area (Å²) in [7, 11) is -1.00. The molecule has 0 saturated heterocycles. The molecule has 0 saturated carbocycles. The molecule has 0 amide bonds. The van der Waals surface area contributed by atoms with Crippen molar-refractivity contribution in [3.8, 4) is 40.2 Å². The summed E-state index contributed by atoms with van der Waals surface area (Å²) in [6.07, 6.45) is 0. The van der Waals surface area contributed by atoms with Gasteiger partial charge in [-0.25, -0.2) is 33.6 Å². The van der Waals surface area contributed by atoms with Gasteiger partial charge in [-0.05, 0) is 151 Å². The van der Waals surface area contributed by atoms with E-state index in [4.69, 9.17) is 115 Å². The Bertz CT molecular complexity index is 3390. The summed E-state index contributed by atoms with van der Waals surface area (Å²) in [5, 5.41) is 99.9. The summed E-state index contributed by atoms with van der Waals surface area (Å²) < 4.78 is 78.4. The molecule has 126 heavy (non-hydrogen) atoms. The average molecular weight is 2310 g/mol. The summed E-state index contributed by atoms with van der Waals surface area (Å²) in [5.41, 5.74) is 0.495. The van der Waals surface area contributed by atoms with E-state index in [-0.39, 0.29) is 294 Å². The Morgan fingerprint density at radius 3 is 0.659 bits per heavy atom. The zero-order valence-corrected chi connectivity index (χ0v) is 87.7. The van der Waals surface area contributed by atoms with Gasteiger partial charge in [-0.15, -0.1) is 0 Å². The first-order valence-electron chi connectivity index (χ1n) is 37.1. The van der Waals surface area contributed by atoms with Crippen LogP contribution in [0.2, 0.25) is 0 Å². The van der Waals surface area contributed by atoms with Gasteiger partial charge in [-0.2, -0.15) is 0 Å². The molecule has 0 unspecified atom stereocenters. The van der Waals surface area contributed by atoms with Crippen molar-refractivity contribution in [1.82, 2.24) is 4.90 Å². The van der Waals surface area contributed by atoms with Crippen molar-refractivity contribution in [3.05, 3.63) is 209 Å². The summed E-state index contributed by atoms with van der Waals surface area (Å²) in [6, 6.07) is 44.0. The topological polar surface area (TPSA) is 485 Å². The predicted octanol–water partition coefficient (Wildman–Crippen LogP) is 9.86. The quantitative estimate of drug-likeness (QED) is 0.00322. The van der Waals surface area contributed by atoms with Crippen molar-refractivity contribution in [2.75, 3.05) is 180 Å². The number of hydrogen-bond donors (Lipinski definition) is 10. The molecule has 0 heterocycles. The summed E-state index contributed by atoms with van der Waals surface area (Å²) >= 11 is 22.5. The summed E-state index contributed by atoms with van der Waals surface area (Å²) in [4.78, 5) is 90.1. The number of hydrogen-bond acceptors (Lipinski definition) is 26. The van der Waals surface area contributed by atoms with Gasteiger partial charge in [0.25, 0.3) is 6.47 Å². The molecule has 44 heteroatoms. The second kappa shape index (κ2) is 96.5. The average Bonchev–Trinajstić information content (AvgIpc) is 0.867. The monoisotopic (exact) mass is 2300 g/mol. The fourth-order valence-corrected chi connectivity index (χ4v) is 9.08. The van der Waals surface area contributed by atoms with Crippen LogP contribution in [0.4, 0.5) is 4.39 Å². The van der Waals surface area contributed by atoms with E-state index >= 15 is 0 Å². The second-order valence-electron chi connectivity index (χ2n) is 21.6. The Morgan fingerprint density at radius 2 is 0.524 bits per heavy atom. The van der Waals surface area contributed by atoms with Crippen LogP contribution in [-0.4, -0.2) is 284 Å². The van der Waals surface area contributed by atoms with E-state index in [9.17, 15) is 38.0 Å². The predicted molar refractivity (Wildman–Crippen MR) is 492 cm³/mol. The van der Waals surface area contributed by atoms with Gasteiger partial charge in [-0.3, -0.25) is 9.18 Å². The molecule has 0 spiro atoms. The molecule has 7 rings (SSSR count). The van der Waals surface area contributed by atoms with E-state index in [2.05, 4.69) is 145 Å². The standard InChI is InChI=1S/3C18H18O7.C7H6O3.C6H15N.2C4H8Br2O.C4H10O3.CH3F.CH2O3.CH4.Br3P.2K.H/c3*19-17(20)13-5-1-3-7-15(13)24-11-9-23-10-12-25-16-8-4-2-6-14(16)18(21)22;8-6-4-2-1-3-5(6)7(9)10;1-4-7(5-2)6-3;3*5-1-3-7-4-2-6;1-2;2-1-4-3;;1-4(2)3;;;/h3*1-8H,9-12H2,(H,19,20)(H,21,22);1-4,8H,(H,9,10);4-6H2,1-3H3;2*1-4H2;5-6H,1-4H2;1H3;1,3H;1H4;;;;/q;;;;;;;;;;;;2*+1;-1/p-1/i;;;;;;;;1D;;;;;;. The number of ether oxygens (including phenoxy) is 12. The first-order chi connectivity index (χ1) is 59.6. The fraction of sp³-hybridized carbons (Fsp3) is 0.390. The van der Waals surface area contributed by atoms with E-state index in [0.717, 1.165) is 47.7 Å². The summed E-state index contributed by atoms with van der Waals surface area (Å²) in [5.74, 6) is -5.94. The molecule has 7 aromatic carbocycles. The molecule has 0 radical (unpaired) electrons. The van der Waals surface area contributed by atoms with Gasteiger partial charge in [-0.1, -0.05) is 177 Å². The van der Waals surface area contributed by atoms with Crippen molar-refractivity contribution in [2.45, 2.75) is 28.2 Å². The van der Waals surface area contributed by atoms with E-state index in [1.807, 2.05) is 0 Å². The fourth-order valence-electron chi connectivity index (χ4n) is 8.16. The number of benzene rings is 7. The van der Waals surface area contributed by atoms with Crippen molar-refractivity contribution in [2.24, 2.45) is 0 Å². The third kappa shape index (κ3) is 75.1. The van der Waals surface area contributed by atoms with Crippen LogP contribution in [0.1, 0.15) is 104 Å². The summed E-state index contributed by atoms with van der Waals surface area (Å²) in [6.45, 7) is 16.5. The molecule has 7 aromatic rings. The Balaban J connectivity index is -0.000000221. The molecular formula is C82H110Br7FK2NO32P. The zero-order chi connectivity index (χ0) is 93.8. The first-order valence-corrected chi connectivity index (χ1v) is 48.2. The Morgan fingerprint density at radius 1 is 0.365 bits per heavy atom. The van der Waals surface area contributed by atoms with Crippen LogP contribution in [0.3, 0.4) is 0 Å². The van der Waals surface area contributed by atoms with Crippen molar-refractivity contribution >= 4 is 162 Å². The number of carbonyl (C=O) groups is 8. The van der Waals surface area contributed by atoms with Crippen LogP contribution < -0.4 is 136 Å². The largest absolute Gasteiger partial charge is 1.00 e. The third-order valence-electron chi connectivity index (χ3n) is 13.5. The van der Waals surface area contributed by atoms with Crippen LogP contribution in [0, 0.1) is 0 Å². The molecule has 10 N–H and O–H groups in total. The molecule has 0 aliphatic heterocycles. The number of phenols is 1. The molecular weight excluding hydrogens is 2200 g/mol. The van der Waals surface area contributed by atoms with Gasteiger partial charge in [0.2, 0.25) is 0 Å². The number of rotatable bonds is 47. The van der Waals surface area contributed by atoms with Gasteiger partial charge < -0.3 is 124 Å². The van der Waals surface area contributed by atoms with E-state index < -0.39 is 48.9 Å². The number of para-hydroxylation sites is 7. The van der Waals surface area contributed by atoms with Gasteiger partial charge in [0, 0.05) is 21.3 Å². The molecule has 0 aliphatic rings. The van der Waals surface area contributed by atoms with Gasteiger partial charge >= 0.3 is 145 Å². The maximum atomic E-state index is 11.0. The number of carbonyl (C=O) groups excluding carboxylic acids is 1. The van der Waals surface area contributed by atoms with Crippen LogP contribution in [0.15, 0.2) is 170 Å². The third-order valence-corrected chi connectivity index (χ3v) is 14.8. The number of aromatic hydroxyl groups is 1. The van der Waals surface area contributed by atoms with Gasteiger partial charge in [0.1, 0.15) is 123 Å². The number of aliphatic hydroxyl groups is 2. The minimum absolute atomic E-state index is 0. The van der Waals surface area contributed by atoms with E-state index in [1.165, 1.54) is 68.2 Å². The van der Waals surface area contributed by atoms with Gasteiger partial charge in [0.05, 0.1) is 101 Å². The number of halogens is 8. The van der Waals surface area contributed by atoms with Crippen LogP contribution >= 0.6 is 114 Å². The number of aliphatic hydroxyl groups excluding tert-OH is 2. The minimum atomic E-state index is -1.11. The molecule has 0 atom stereocenters. The molecule has 33 nitrogen and oxygen atoms in total. The van der Waals surface area contributed by atoms with Crippen molar-refractivity contribution in [1.29, 1.82) is 0 Å². The van der Waals surface area contributed by atoms with Gasteiger partial charge in [0.15, 0.2) is 0 Å². The Labute approximate surface area is 880 Å². The minimum Gasteiger partial charge on any atom is -1.00 e. The molecule has 0 fully saturated rings. The molecule has 0 aliphatic carbocycles. The zero-order valence-electron chi connectivity index (χ0n) is 71.4. The van der Waals surface area contributed by atoms with Crippen LogP contribution in [0.5, 0.6) is 40.2 Å². The maximum absolute atomic E-state index is 11.0. The van der Waals surface area contributed by atoms with Crippen molar-refractivity contribution in [3.63, 3.8) is 0 Å². The normalized spacial score (nSPS) is 9.57. The number of alkyl halides is 5.